The molecule has 2 nitrogen and oxygen atoms in total. The van der Waals surface area contributed by atoms with Gasteiger partial charge in [-0.1, -0.05) is 25.7 Å². The van der Waals surface area contributed by atoms with Crippen molar-refractivity contribution < 1.29 is 0 Å². The van der Waals surface area contributed by atoms with E-state index in [-0.39, 0.29) is 0 Å². The topological polar surface area (TPSA) is 27.1 Å². The highest BCUT2D eigenvalue weighted by Gasteiger charge is 2.19. The predicted molar refractivity (Wildman–Crippen MR) is 55.1 cm³/mol. The maximum absolute atomic E-state index is 7.71. The molecule has 0 amide bonds. The van der Waals surface area contributed by atoms with Gasteiger partial charge >= 0.3 is 0 Å². The van der Waals surface area contributed by atoms with Gasteiger partial charge in [-0.25, -0.2) is 0 Å². The molecule has 13 heavy (non-hydrogen) atoms. The van der Waals surface area contributed by atoms with Gasteiger partial charge in [-0.05, 0) is 18.8 Å². The first kappa shape index (κ1) is 9.04. The number of rotatable bonds is 3. The Morgan fingerprint density at radius 1 is 1.23 bits per heavy atom. The van der Waals surface area contributed by atoms with Crippen LogP contribution in [-0.4, -0.2) is 23.8 Å². The molecule has 0 aromatic heterocycles. The van der Waals surface area contributed by atoms with Gasteiger partial charge in [0.25, 0.3) is 0 Å². The van der Waals surface area contributed by atoms with Gasteiger partial charge < -0.3 is 4.90 Å². The normalized spacial score (nSPS) is 24.6. The van der Waals surface area contributed by atoms with Crippen molar-refractivity contribution in [2.45, 2.75) is 44.9 Å². The molecule has 0 spiro atoms. The largest absolute Gasteiger partial charge is 0.361 e. The van der Waals surface area contributed by atoms with Crippen molar-refractivity contribution in [3.63, 3.8) is 0 Å². The SMILES string of the molecule is N=C1CCCN1CCC1CCCC1. The first-order valence-electron chi connectivity index (χ1n) is 5.68. The van der Waals surface area contributed by atoms with Crippen LogP contribution in [0.2, 0.25) is 0 Å². The van der Waals surface area contributed by atoms with E-state index in [1.165, 1.54) is 38.5 Å². The molecule has 0 unspecified atom stereocenters. The maximum atomic E-state index is 7.71. The van der Waals surface area contributed by atoms with E-state index in [4.69, 9.17) is 5.41 Å². The van der Waals surface area contributed by atoms with Crippen LogP contribution in [0.5, 0.6) is 0 Å². The zero-order valence-electron chi connectivity index (χ0n) is 8.39. The fourth-order valence-corrected chi connectivity index (χ4v) is 2.61. The summed E-state index contributed by atoms with van der Waals surface area (Å²) < 4.78 is 0. The molecule has 0 atom stereocenters. The van der Waals surface area contributed by atoms with Gasteiger partial charge in [0.2, 0.25) is 0 Å². The Morgan fingerprint density at radius 2 is 2.00 bits per heavy atom. The molecule has 0 radical (unpaired) electrons. The summed E-state index contributed by atoms with van der Waals surface area (Å²) in [6.07, 6.45) is 9.35. The second kappa shape index (κ2) is 4.12. The number of hydrogen-bond donors (Lipinski definition) is 1. The summed E-state index contributed by atoms with van der Waals surface area (Å²) >= 11 is 0. The van der Waals surface area contributed by atoms with E-state index in [9.17, 15) is 0 Å². The van der Waals surface area contributed by atoms with Crippen molar-refractivity contribution in [2.75, 3.05) is 13.1 Å². The fourth-order valence-electron chi connectivity index (χ4n) is 2.61. The summed E-state index contributed by atoms with van der Waals surface area (Å²) in [6.45, 7) is 2.30. The summed E-state index contributed by atoms with van der Waals surface area (Å²) in [5.74, 6) is 1.87. The van der Waals surface area contributed by atoms with Crippen LogP contribution in [0.25, 0.3) is 0 Å². The van der Waals surface area contributed by atoms with E-state index in [1.807, 2.05) is 0 Å². The second-order valence-corrected chi connectivity index (χ2v) is 4.48. The Labute approximate surface area is 80.8 Å². The second-order valence-electron chi connectivity index (χ2n) is 4.48. The molecule has 1 saturated heterocycles. The lowest BCUT2D eigenvalue weighted by Gasteiger charge is -2.19. The summed E-state index contributed by atoms with van der Waals surface area (Å²) in [5.41, 5.74) is 0. The Morgan fingerprint density at radius 3 is 2.62 bits per heavy atom. The van der Waals surface area contributed by atoms with Gasteiger partial charge in [0.15, 0.2) is 0 Å². The van der Waals surface area contributed by atoms with Crippen LogP contribution < -0.4 is 0 Å². The molecular formula is C11H20N2. The molecular weight excluding hydrogens is 160 g/mol. The summed E-state index contributed by atoms with van der Waals surface area (Å²) in [5, 5.41) is 7.71. The summed E-state index contributed by atoms with van der Waals surface area (Å²) in [6, 6.07) is 0. The van der Waals surface area contributed by atoms with Crippen LogP contribution in [0.3, 0.4) is 0 Å². The van der Waals surface area contributed by atoms with Gasteiger partial charge in [-0.2, -0.15) is 0 Å². The van der Waals surface area contributed by atoms with E-state index < -0.39 is 0 Å². The Bertz CT molecular complexity index is 183. The van der Waals surface area contributed by atoms with E-state index in [0.29, 0.717) is 0 Å². The van der Waals surface area contributed by atoms with E-state index in [1.54, 1.807) is 0 Å². The first-order chi connectivity index (χ1) is 6.36. The average molecular weight is 180 g/mol. The molecule has 1 N–H and O–H groups in total. The number of nitrogens with zero attached hydrogens (tertiary/aromatic N) is 1. The van der Waals surface area contributed by atoms with Gasteiger partial charge in [-0.3, -0.25) is 5.41 Å². The van der Waals surface area contributed by atoms with Crippen LogP contribution in [0.15, 0.2) is 0 Å². The molecule has 1 aliphatic heterocycles. The Balaban J connectivity index is 1.69. The third-order valence-corrected chi connectivity index (χ3v) is 3.51. The molecule has 1 aliphatic carbocycles. The van der Waals surface area contributed by atoms with Crippen molar-refractivity contribution in [3.8, 4) is 0 Å². The minimum Gasteiger partial charge on any atom is -0.361 e. The average Bonchev–Trinajstić information content (AvgIpc) is 2.72. The molecule has 0 bridgehead atoms. The standard InChI is InChI=1S/C11H20N2/c12-11-6-3-8-13(11)9-7-10-4-1-2-5-10/h10,12H,1-9H2. The van der Waals surface area contributed by atoms with Gasteiger partial charge in [0, 0.05) is 19.5 Å². The maximum Gasteiger partial charge on any atom is 0.0958 e. The number of amidine groups is 1. The van der Waals surface area contributed by atoms with Crippen molar-refractivity contribution in [1.82, 2.24) is 4.90 Å². The fraction of sp³-hybridized carbons (Fsp3) is 0.909. The van der Waals surface area contributed by atoms with Crippen LogP contribution in [0, 0.1) is 11.3 Å². The van der Waals surface area contributed by atoms with Crippen LogP contribution in [0.4, 0.5) is 0 Å². The highest BCUT2D eigenvalue weighted by atomic mass is 15.2. The van der Waals surface area contributed by atoms with Crippen molar-refractivity contribution >= 4 is 5.84 Å². The minimum atomic E-state index is 0.887. The molecule has 1 saturated carbocycles. The molecule has 2 heteroatoms. The van der Waals surface area contributed by atoms with E-state index >= 15 is 0 Å². The predicted octanol–water partition coefficient (Wildman–Crippen LogP) is 2.64. The Kier molecular flexibility index (Phi) is 2.87. The number of hydrogen-bond acceptors (Lipinski definition) is 1. The van der Waals surface area contributed by atoms with Crippen molar-refractivity contribution in [2.24, 2.45) is 5.92 Å². The van der Waals surface area contributed by atoms with Gasteiger partial charge in [0.05, 0.1) is 5.84 Å². The molecule has 74 valence electrons. The van der Waals surface area contributed by atoms with Crippen LogP contribution >= 0.6 is 0 Å². The minimum absolute atomic E-state index is 0.887. The van der Waals surface area contributed by atoms with Gasteiger partial charge in [0.1, 0.15) is 0 Å². The quantitative estimate of drug-likeness (QED) is 0.710. The van der Waals surface area contributed by atoms with E-state index in [0.717, 1.165) is 31.3 Å². The Hall–Kier alpha value is -0.530. The molecule has 2 rings (SSSR count). The molecule has 0 aromatic carbocycles. The van der Waals surface area contributed by atoms with Crippen molar-refractivity contribution in [1.29, 1.82) is 5.41 Å². The zero-order valence-corrected chi connectivity index (χ0v) is 8.39. The molecule has 1 heterocycles. The smallest absolute Gasteiger partial charge is 0.0958 e. The lowest BCUT2D eigenvalue weighted by Crippen LogP contribution is -2.26. The molecule has 2 aliphatic rings. The summed E-state index contributed by atoms with van der Waals surface area (Å²) in [4.78, 5) is 2.28. The lowest BCUT2D eigenvalue weighted by molar-refractivity contribution is 0.381. The number of likely N-dealkylation sites (tertiary alicyclic amines) is 1. The monoisotopic (exact) mass is 180 g/mol. The van der Waals surface area contributed by atoms with Crippen LogP contribution in [-0.2, 0) is 0 Å². The molecule has 2 fully saturated rings. The third kappa shape index (κ3) is 2.23. The summed E-state index contributed by atoms with van der Waals surface area (Å²) in [7, 11) is 0. The highest BCUT2D eigenvalue weighted by Crippen LogP contribution is 2.28. The zero-order chi connectivity index (χ0) is 9.10. The first-order valence-corrected chi connectivity index (χ1v) is 5.68. The van der Waals surface area contributed by atoms with Gasteiger partial charge in [-0.15, -0.1) is 0 Å². The van der Waals surface area contributed by atoms with Crippen molar-refractivity contribution in [3.05, 3.63) is 0 Å². The number of nitrogens with one attached hydrogen (secondary N) is 1. The van der Waals surface area contributed by atoms with E-state index in [2.05, 4.69) is 4.90 Å². The lowest BCUT2D eigenvalue weighted by atomic mass is 10.0. The molecule has 0 aromatic rings. The highest BCUT2D eigenvalue weighted by molar-refractivity contribution is 5.80. The third-order valence-electron chi connectivity index (χ3n) is 3.51. The van der Waals surface area contributed by atoms with Crippen LogP contribution in [0.1, 0.15) is 44.9 Å².